The van der Waals surface area contributed by atoms with Crippen LogP contribution in [0.15, 0.2) is 51.7 Å². The highest BCUT2D eigenvalue weighted by Crippen LogP contribution is 2.41. The maximum Gasteiger partial charge on any atom is 0.242 e. The van der Waals surface area contributed by atoms with Gasteiger partial charge in [0.2, 0.25) is 15.8 Å². The van der Waals surface area contributed by atoms with Crippen LogP contribution in [0, 0.1) is 0 Å². The van der Waals surface area contributed by atoms with Gasteiger partial charge in [-0.3, -0.25) is 0 Å². The average Bonchev–Trinajstić information content (AvgIpc) is 3.25. The lowest BCUT2D eigenvalue weighted by molar-refractivity contribution is 0.190. The lowest BCUT2D eigenvalue weighted by Gasteiger charge is -2.15. The number of sulfonamides is 1. The molecule has 0 unspecified atom stereocenters. The van der Waals surface area contributed by atoms with E-state index in [2.05, 4.69) is 4.57 Å². The quantitative estimate of drug-likeness (QED) is 0.357. The molecule has 3 rings (SSSR count). The molecule has 0 saturated heterocycles. The summed E-state index contributed by atoms with van der Waals surface area (Å²) >= 11 is 1.46. The molecule has 0 N–H and O–H groups in total. The van der Waals surface area contributed by atoms with Crippen LogP contribution in [-0.2, 0) is 21.3 Å². The Morgan fingerprint density at radius 1 is 1.00 bits per heavy atom. The van der Waals surface area contributed by atoms with Gasteiger partial charge in [0.05, 0.1) is 37.6 Å². The summed E-state index contributed by atoms with van der Waals surface area (Å²) in [6, 6.07) is 10.4. The van der Waals surface area contributed by atoms with Crippen LogP contribution >= 0.6 is 11.3 Å². The molecule has 9 nitrogen and oxygen atoms in total. The van der Waals surface area contributed by atoms with E-state index < -0.39 is 10.0 Å². The van der Waals surface area contributed by atoms with Gasteiger partial charge in [0.15, 0.2) is 16.3 Å². The van der Waals surface area contributed by atoms with Crippen molar-refractivity contribution in [2.75, 3.05) is 49.1 Å². The zero-order chi connectivity index (χ0) is 25.6. The van der Waals surface area contributed by atoms with Crippen molar-refractivity contribution in [3.63, 3.8) is 0 Å². The van der Waals surface area contributed by atoms with Gasteiger partial charge in [0, 0.05) is 45.3 Å². The van der Waals surface area contributed by atoms with Crippen LogP contribution in [0.1, 0.15) is 6.42 Å². The summed E-state index contributed by atoms with van der Waals surface area (Å²) in [6.07, 6.45) is 0.771. The number of methoxy groups -OCH3 is 4. The van der Waals surface area contributed by atoms with E-state index in [1.165, 1.54) is 29.7 Å². The van der Waals surface area contributed by atoms with Crippen molar-refractivity contribution in [1.29, 1.82) is 0 Å². The topological polar surface area (TPSA) is 91.6 Å². The molecular weight excluding hydrogens is 490 g/mol. The molecule has 0 atom stereocenters. The normalized spacial score (nSPS) is 12.3. The smallest absolute Gasteiger partial charge is 0.242 e. The monoisotopic (exact) mass is 521 g/mol. The first-order valence-electron chi connectivity index (χ1n) is 10.8. The van der Waals surface area contributed by atoms with Crippen LogP contribution in [-0.4, -0.2) is 66.4 Å². The van der Waals surface area contributed by atoms with Crippen LogP contribution in [0.5, 0.6) is 17.2 Å². The van der Waals surface area contributed by atoms with Crippen molar-refractivity contribution >= 4 is 27.0 Å². The zero-order valence-electron chi connectivity index (χ0n) is 20.8. The summed E-state index contributed by atoms with van der Waals surface area (Å²) in [5.41, 5.74) is 2.34. The minimum atomic E-state index is -3.57. The molecule has 3 aromatic rings. The molecule has 1 heterocycles. The molecule has 190 valence electrons. The molecule has 0 saturated carbocycles. The van der Waals surface area contributed by atoms with Gasteiger partial charge < -0.3 is 23.5 Å². The van der Waals surface area contributed by atoms with Crippen molar-refractivity contribution in [2.24, 2.45) is 4.99 Å². The van der Waals surface area contributed by atoms with Gasteiger partial charge in [-0.2, -0.15) is 0 Å². The SMILES string of the molecule is COCCCn1c(-c2cc(OC)c(OC)c(OC)c2)csc1=Nc1cccc(S(=O)(=O)N(C)C)c1. The highest BCUT2D eigenvalue weighted by atomic mass is 32.2. The van der Waals surface area contributed by atoms with E-state index in [4.69, 9.17) is 23.9 Å². The second kappa shape index (κ2) is 11.7. The van der Waals surface area contributed by atoms with Gasteiger partial charge >= 0.3 is 0 Å². The average molecular weight is 522 g/mol. The Balaban J connectivity index is 2.16. The molecule has 1 aromatic heterocycles. The Labute approximate surface area is 210 Å². The second-order valence-corrected chi connectivity index (χ2v) is 10.7. The maximum atomic E-state index is 12.6. The molecule has 2 aromatic carbocycles. The van der Waals surface area contributed by atoms with Crippen LogP contribution in [0.25, 0.3) is 11.3 Å². The molecule has 0 aliphatic heterocycles. The van der Waals surface area contributed by atoms with E-state index in [1.807, 2.05) is 17.5 Å². The number of hydrogen-bond donors (Lipinski definition) is 0. The fourth-order valence-electron chi connectivity index (χ4n) is 3.50. The zero-order valence-corrected chi connectivity index (χ0v) is 22.4. The summed E-state index contributed by atoms with van der Waals surface area (Å²) in [6.45, 7) is 1.24. The third kappa shape index (κ3) is 5.87. The maximum absolute atomic E-state index is 12.6. The van der Waals surface area contributed by atoms with Gasteiger partial charge in [-0.15, -0.1) is 11.3 Å². The molecule has 35 heavy (non-hydrogen) atoms. The number of hydrogen-bond acceptors (Lipinski definition) is 8. The summed E-state index contributed by atoms with van der Waals surface area (Å²) in [4.78, 5) is 5.71. The summed E-state index contributed by atoms with van der Waals surface area (Å²) in [5, 5.41) is 2.01. The van der Waals surface area contributed by atoms with Crippen molar-refractivity contribution < 1.29 is 27.4 Å². The summed E-state index contributed by atoms with van der Waals surface area (Å²) in [5.74, 6) is 1.62. The largest absolute Gasteiger partial charge is 0.493 e. The third-order valence-electron chi connectivity index (χ3n) is 5.31. The molecule has 0 amide bonds. The Morgan fingerprint density at radius 3 is 2.26 bits per heavy atom. The van der Waals surface area contributed by atoms with Gasteiger partial charge in [0.25, 0.3) is 0 Å². The van der Waals surface area contributed by atoms with Gasteiger partial charge in [-0.25, -0.2) is 17.7 Å². The number of nitrogens with zero attached hydrogens (tertiary/aromatic N) is 3. The number of benzene rings is 2. The van der Waals surface area contributed by atoms with Crippen molar-refractivity contribution in [3.05, 3.63) is 46.6 Å². The minimum Gasteiger partial charge on any atom is -0.493 e. The van der Waals surface area contributed by atoms with E-state index in [0.29, 0.717) is 36.1 Å². The van der Waals surface area contributed by atoms with Crippen LogP contribution in [0.4, 0.5) is 5.69 Å². The van der Waals surface area contributed by atoms with E-state index in [0.717, 1.165) is 22.5 Å². The van der Waals surface area contributed by atoms with E-state index in [9.17, 15) is 8.42 Å². The Morgan fingerprint density at radius 2 is 1.69 bits per heavy atom. The molecule has 0 aliphatic carbocycles. The van der Waals surface area contributed by atoms with Crippen molar-refractivity contribution in [2.45, 2.75) is 17.9 Å². The minimum absolute atomic E-state index is 0.191. The molecule has 0 fully saturated rings. The molecular formula is C24H31N3O6S2. The predicted octanol–water partition coefficient (Wildman–Crippen LogP) is 3.76. The molecule has 0 spiro atoms. The van der Waals surface area contributed by atoms with Crippen LogP contribution in [0.2, 0.25) is 0 Å². The Hall–Kier alpha value is -2.86. The summed E-state index contributed by atoms with van der Waals surface area (Å²) < 4.78 is 50.2. The lowest BCUT2D eigenvalue weighted by Crippen LogP contribution is -2.22. The number of rotatable bonds is 11. The van der Waals surface area contributed by atoms with Crippen molar-refractivity contribution in [1.82, 2.24) is 8.87 Å². The molecule has 0 aliphatic rings. The van der Waals surface area contributed by atoms with Gasteiger partial charge in [0.1, 0.15) is 0 Å². The summed E-state index contributed by atoms with van der Waals surface area (Å²) in [7, 11) is 5.84. The Kier molecular flexibility index (Phi) is 8.95. The highest BCUT2D eigenvalue weighted by molar-refractivity contribution is 7.89. The number of aromatic nitrogens is 1. The van der Waals surface area contributed by atoms with E-state index in [-0.39, 0.29) is 4.90 Å². The first kappa shape index (κ1) is 26.7. The van der Waals surface area contributed by atoms with E-state index >= 15 is 0 Å². The van der Waals surface area contributed by atoms with E-state index in [1.54, 1.807) is 52.7 Å². The first-order valence-corrected chi connectivity index (χ1v) is 13.1. The predicted molar refractivity (Wildman–Crippen MR) is 136 cm³/mol. The first-order chi connectivity index (χ1) is 16.8. The Bertz CT molecular complexity index is 1300. The number of ether oxygens (including phenoxy) is 4. The molecule has 11 heteroatoms. The molecule has 0 radical (unpaired) electrons. The molecule has 0 bridgehead atoms. The number of thiazole rings is 1. The van der Waals surface area contributed by atoms with Gasteiger partial charge in [-0.1, -0.05) is 6.07 Å². The second-order valence-electron chi connectivity index (χ2n) is 7.71. The van der Waals surface area contributed by atoms with Gasteiger partial charge in [-0.05, 0) is 36.8 Å². The lowest BCUT2D eigenvalue weighted by atomic mass is 10.1. The fraction of sp³-hybridized carbons (Fsp3) is 0.375. The van der Waals surface area contributed by atoms with Crippen LogP contribution in [0.3, 0.4) is 0 Å². The van der Waals surface area contributed by atoms with Crippen molar-refractivity contribution in [3.8, 4) is 28.5 Å². The highest BCUT2D eigenvalue weighted by Gasteiger charge is 2.19. The standard InChI is InChI=1S/C24H31N3O6S2/c1-26(2)35(28,29)19-10-7-9-18(15-19)25-24-27(11-8-12-30-3)20(16-34-24)17-13-21(31-4)23(33-6)22(14-17)32-5/h7,9-10,13-16H,8,11-12H2,1-6H3. The fourth-order valence-corrected chi connectivity index (χ4v) is 5.39. The third-order valence-corrected chi connectivity index (χ3v) is 7.98. The van der Waals surface area contributed by atoms with Crippen LogP contribution < -0.4 is 19.0 Å².